The van der Waals surface area contributed by atoms with Crippen LogP contribution >= 0.6 is 0 Å². The Hall–Kier alpha value is -1.84. The van der Waals surface area contributed by atoms with Gasteiger partial charge in [0.15, 0.2) is 0 Å². The van der Waals surface area contributed by atoms with Crippen LogP contribution in [0, 0.1) is 5.41 Å². The lowest BCUT2D eigenvalue weighted by Crippen LogP contribution is -2.46. The maximum atomic E-state index is 13.1. The van der Waals surface area contributed by atoms with Gasteiger partial charge < -0.3 is 24.5 Å². The third-order valence-electron chi connectivity index (χ3n) is 7.83. The summed E-state index contributed by atoms with van der Waals surface area (Å²) in [6, 6.07) is 5.24. The number of nitrogens with zero attached hydrogens (tertiary/aromatic N) is 3. The summed E-state index contributed by atoms with van der Waals surface area (Å²) in [6.07, 6.45) is 0.679. The number of hydrogen-bond donors (Lipinski definition) is 1. The second-order valence-corrected chi connectivity index (χ2v) is 10.1. The molecule has 34 heavy (non-hydrogen) atoms. The van der Waals surface area contributed by atoms with Gasteiger partial charge in [-0.3, -0.25) is 4.79 Å². The molecule has 2 heterocycles. The molecule has 6 nitrogen and oxygen atoms in total. The third kappa shape index (κ3) is 5.86. The van der Waals surface area contributed by atoms with Crippen LogP contribution in [0.25, 0.3) is 0 Å². The van der Waals surface area contributed by atoms with Crippen molar-refractivity contribution in [1.82, 2.24) is 9.80 Å². The van der Waals surface area contributed by atoms with Crippen molar-refractivity contribution in [3.63, 3.8) is 0 Å². The molecule has 0 aromatic heterocycles. The number of piperidine rings is 1. The quantitative estimate of drug-likeness (QED) is 0.615. The first kappa shape index (κ1) is 25.3. The Kier molecular flexibility index (Phi) is 7.74. The molecule has 2 saturated heterocycles. The summed E-state index contributed by atoms with van der Waals surface area (Å²) in [7, 11) is 1.63. The molecule has 4 rings (SSSR count). The average Bonchev–Trinajstić information content (AvgIpc) is 3.60. The Morgan fingerprint density at radius 3 is 2.65 bits per heavy atom. The summed E-state index contributed by atoms with van der Waals surface area (Å²) < 4.78 is 44.8. The number of methoxy groups -OCH3 is 1. The van der Waals surface area contributed by atoms with Gasteiger partial charge in [0.05, 0.1) is 24.3 Å². The number of β-amino-alcohol motifs (C(OH)–C–C–N with tert-alkyl or cyclic N) is 1. The second-order valence-electron chi connectivity index (χ2n) is 10.1. The number of ether oxygens (including phenoxy) is 1. The Morgan fingerprint density at radius 2 is 1.97 bits per heavy atom. The highest BCUT2D eigenvalue weighted by atomic mass is 19.4. The van der Waals surface area contributed by atoms with Gasteiger partial charge in [-0.2, -0.15) is 13.2 Å². The second kappa shape index (κ2) is 10.4. The van der Waals surface area contributed by atoms with Gasteiger partial charge in [-0.05, 0) is 68.8 Å². The summed E-state index contributed by atoms with van der Waals surface area (Å²) >= 11 is 0. The predicted octanol–water partition coefficient (Wildman–Crippen LogP) is 3.39. The van der Waals surface area contributed by atoms with E-state index in [4.69, 9.17) is 4.74 Å². The molecule has 9 heteroatoms. The zero-order valence-corrected chi connectivity index (χ0v) is 19.9. The van der Waals surface area contributed by atoms with Crippen molar-refractivity contribution >= 4 is 11.6 Å². The molecule has 3 fully saturated rings. The van der Waals surface area contributed by atoms with Crippen LogP contribution in [-0.4, -0.2) is 85.9 Å². The van der Waals surface area contributed by atoms with Crippen LogP contribution in [0.15, 0.2) is 24.3 Å². The number of rotatable bonds is 8. The summed E-state index contributed by atoms with van der Waals surface area (Å²) in [4.78, 5) is 19.0. The topological polar surface area (TPSA) is 56.3 Å². The number of carbonyl (C=O) groups excluding carboxylic acids is 1. The van der Waals surface area contributed by atoms with Gasteiger partial charge in [0, 0.05) is 45.4 Å². The van der Waals surface area contributed by atoms with Crippen LogP contribution in [0.5, 0.6) is 0 Å². The minimum atomic E-state index is -4.39. The maximum Gasteiger partial charge on any atom is 0.416 e. The Labute approximate surface area is 199 Å². The number of alkyl halides is 3. The van der Waals surface area contributed by atoms with E-state index < -0.39 is 11.7 Å². The van der Waals surface area contributed by atoms with Gasteiger partial charge in [-0.25, -0.2) is 0 Å². The van der Waals surface area contributed by atoms with Crippen LogP contribution < -0.4 is 4.90 Å². The Balaban J connectivity index is 1.32. The largest absolute Gasteiger partial charge is 0.416 e. The smallest absolute Gasteiger partial charge is 0.391 e. The van der Waals surface area contributed by atoms with Crippen molar-refractivity contribution in [2.75, 3.05) is 57.9 Å². The highest BCUT2D eigenvalue weighted by molar-refractivity contribution is 5.78. The van der Waals surface area contributed by atoms with E-state index in [2.05, 4.69) is 4.90 Å². The number of aliphatic hydroxyl groups is 1. The minimum Gasteiger partial charge on any atom is -0.391 e. The monoisotopic (exact) mass is 483 g/mol. The molecule has 2 unspecified atom stereocenters. The van der Waals surface area contributed by atoms with E-state index in [1.807, 2.05) is 9.80 Å². The van der Waals surface area contributed by atoms with Crippen molar-refractivity contribution in [3.8, 4) is 0 Å². The molecule has 190 valence electrons. The first-order valence-electron chi connectivity index (χ1n) is 12.3. The number of benzene rings is 1. The summed E-state index contributed by atoms with van der Waals surface area (Å²) in [5, 5.41) is 10.4. The number of anilines is 1. The Morgan fingerprint density at radius 1 is 1.18 bits per heavy atom. The fraction of sp³-hybridized carbons (Fsp3) is 0.720. The van der Waals surface area contributed by atoms with Crippen LogP contribution in [0.1, 0.15) is 44.1 Å². The molecule has 0 bridgehead atoms. The van der Waals surface area contributed by atoms with E-state index >= 15 is 0 Å². The Bertz CT molecular complexity index is 846. The highest BCUT2D eigenvalue weighted by Crippen LogP contribution is 2.53. The van der Waals surface area contributed by atoms with E-state index in [-0.39, 0.29) is 29.9 Å². The lowest BCUT2D eigenvalue weighted by atomic mass is 9.90. The zero-order valence-electron chi connectivity index (χ0n) is 19.9. The van der Waals surface area contributed by atoms with Gasteiger partial charge in [-0.1, -0.05) is 6.07 Å². The van der Waals surface area contributed by atoms with Crippen LogP contribution in [0.3, 0.4) is 0 Å². The standard InChI is InChI=1S/C25H36F3N3O3/c1-34-18-21(6-3-11-29-13-10-24(8-9-24)22(32)17-29)31-15-14-30(12-7-23(31)33)20-5-2-4-19(16-20)25(26,27)28/h2,4-5,16,21-22,32H,3,6-15,17-18H2,1H3. The van der Waals surface area contributed by atoms with Crippen LogP contribution in [-0.2, 0) is 15.7 Å². The molecule has 1 aliphatic carbocycles. The molecular formula is C25H36F3N3O3. The summed E-state index contributed by atoms with van der Waals surface area (Å²) in [5.74, 6) is 0.0144. The summed E-state index contributed by atoms with van der Waals surface area (Å²) in [6.45, 7) is 4.38. The SMILES string of the molecule is COCC(CCCN1CCC2(CC2)C(O)C1)N1CCN(c2cccc(C(F)(F)F)c2)CCC1=O. The molecule has 1 N–H and O–H groups in total. The lowest BCUT2D eigenvalue weighted by molar-refractivity contribution is -0.137. The number of carbonyl (C=O) groups is 1. The van der Waals surface area contributed by atoms with E-state index in [9.17, 15) is 23.1 Å². The molecule has 3 aliphatic rings. The fourth-order valence-corrected chi connectivity index (χ4v) is 5.46. The van der Waals surface area contributed by atoms with Gasteiger partial charge in [0.25, 0.3) is 0 Å². The van der Waals surface area contributed by atoms with Crippen molar-refractivity contribution in [2.45, 2.75) is 56.8 Å². The molecular weight excluding hydrogens is 447 g/mol. The van der Waals surface area contributed by atoms with Crippen molar-refractivity contribution in [1.29, 1.82) is 0 Å². The molecule has 2 atom stereocenters. The minimum absolute atomic E-state index is 0.0144. The predicted molar refractivity (Wildman–Crippen MR) is 124 cm³/mol. The molecule has 1 spiro atoms. The van der Waals surface area contributed by atoms with Crippen molar-refractivity contribution in [3.05, 3.63) is 29.8 Å². The number of halogens is 3. The maximum absolute atomic E-state index is 13.1. The number of aliphatic hydroxyl groups excluding tert-OH is 1. The lowest BCUT2D eigenvalue weighted by Gasteiger charge is -2.37. The molecule has 1 amide bonds. The fourth-order valence-electron chi connectivity index (χ4n) is 5.46. The number of likely N-dealkylation sites (tertiary alicyclic amines) is 1. The first-order chi connectivity index (χ1) is 16.2. The van der Waals surface area contributed by atoms with Gasteiger partial charge in [0.2, 0.25) is 5.91 Å². The van der Waals surface area contributed by atoms with Crippen molar-refractivity contribution in [2.24, 2.45) is 5.41 Å². The third-order valence-corrected chi connectivity index (χ3v) is 7.83. The molecule has 1 aromatic carbocycles. The molecule has 1 aromatic rings. The number of hydrogen-bond acceptors (Lipinski definition) is 5. The molecule has 1 saturated carbocycles. The normalized spacial score (nSPS) is 24.4. The van der Waals surface area contributed by atoms with E-state index in [0.717, 1.165) is 63.9 Å². The summed E-state index contributed by atoms with van der Waals surface area (Å²) in [5.41, 5.74) is 0.00830. The van der Waals surface area contributed by atoms with Crippen LogP contribution in [0.4, 0.5) is 18.9 Å². The average molecular weight is 484 g/mol. The molecule has 2 aliphatic heterocycles. The van der Waals surface area contributed by atoms with E-state index in [1.54, 1.807) is 13.2 Å². The van der Waals surface area contributed by atoms with E-state index in [1.165, 1.54) is 6.07 Å². The number of amides is 1. The first-order valence-corrected chi connectivity index (χ1v) is 12.3. The van der Waals surface area contributed by atoms with Crippen molar-refractivity contribution < 1.29 is 27.8 Å². The van der Waals surface area contributed by atoms with Gasteiger partial charge in [-0.15, -0.1) is 0 Å². The van der Waals surface area contributed by atoms with E-state index in [0.29, 0.717) is 31.9 Å². The zero-order chi connectivity index (χ0) is 24.3. The highest BCUT2D eigenvalue weighted by Gasteiger charge is 2.51. The van der Waals surface area contributed by atoms with Gasteiger partial charge >= 0.3 is 6.18 Å². The molecule has 0 radical (unpaired) electrons. The van der Waals surface area contributed by atoms with Gasteiger partial charge in [0.1, 0.15) is 0 Å². The van der Waals surface area contributed by atoms with Crippen LogP contribution in [0.2, 0.25) is 0 Å².